The van der Waals surface area contributed by atoms with E-state index in [0.29, 0.717) is 13.2 Å². The quantitative estimate of drug-likeness (QED) is 0.475. The Hall–Kier alpha value is 0.770. The first-order chi connectivity index (χ1) is 5.73. The standard InChI is InChI=1S/C4H12N3O2PS2/c5-11-10(8,12-6)4-3-7-1-2-9-4/h4,7H,1-3,5-6H2. The molecule has 1 atom stereocenters. The van der Waals surface area contributed by atoms with Gasteiger partial charge in [-0.25, -0.2) is 0 Å². The van der Waals surface area contributed by atoms with E-state index in [0.717, 1.165) is 29.7 Å². The Morgan fingerprint density at radius 2 is 2.17 bits per heavy atom. The van der Waals surface area contributed by atoms with Crippen molar-refractivity contribution in [3.63, 3.8) is 0 Å². The Balaban J connectivity index is 2.58. The summed E-state index contributed by atoms with van der Waals surface area (Å²) in [5.74, 6) is -0.351. The van der Waals surface area contributed by atoms with Crippen LogP contribution in [0.25, 0.3) is 0 Å². The van der Waals surface area contributed by atoms with Crippen LogP contribution < -0.4 is 15.6 Å². The van der Waals surface area contributed by atoms with Gasteiger partial charge in [0.05, 0.1) is 6.61 Å². The van der Waals surface area contributed by atoms with Gasteiger partial charge in [-0.1, -0.05) is 0 Å². The molecule has 12 heavy (non-hydrogen) atoms. The molecule has 0 radical (unpaired) electrons. The minimum absolute atomic E-state index is 0.351. The Labute approximate surface area is 79.5 Å². The van der Waals surface area contributed by atoms with Gasteiger partial charge in [-0.15, -0.1) is 0 Å². The molecule has 0 aromatic rings. The number of hydrogen-bond donors (Lipinski definition) is 3. The lowest BCUT2D eigenvalue weighted by atomic mass is 10.5. The maximum atomic E-state index is 11.8. The van der Waals surface area contributed by atoms with Gasteiger partial charge in [0.15, 0.2) is 0 Å². The molecule has 5 N–H and O–H groups in total. The summed E-state index contributed by atoms with van der Waals surface area (Å²) >= 11 is 1.61. The van der Waals surface area contributed by atoms with Gasteiger partial charge in [-0.05, 0) is 23.1 Å². The van der Waals surface area contributed by atoms with E-state index in [2.05, 4.69) is 5.32 Å². The number of hydrogen-bond acceptors (Lipinski definition) is 7. The van der Waals surface area contributed by atoms with Crippen molar-refractivity contribution < 1.29 is 9.30 Å². The molecule has 0 aromatic carbocycles. The Kier molecular flexibility index (Phi) is 4.39. The van der Waals surface area contributed by atoms with Crippen LogP contribution in [0.4, 0.5) is 0 Å². The lowest BCUT2D eigenvalue weighted by molar-refractivity contribution is 0.0802. The molecule has 72 valence electrons. The fourth-order valence-corrected chi connectivity index (χ4v) is 4.10. The molecule has 0 aliphatic carbocycles. The van der Waals surface area contributed by atoms with Crippen molar-refractivity contribution in [2.24, 2.45) is 10.3 Å². The van der Waals surface area contributed by atoms with E-state index >= 15 is 0 Å². The van der Waals surface area contributed by atoms with E-state index in [1.165, 1.54) is 0 Å². The molecule has 1 fully saturated rings. The fourth-order valence-electron chi connectivity index (χ4n) is 0.915. The van der Waals surface area contributed by atoms with E-state index in [-0.39, 0.29) is 5.85 Å². The van der Waals surface area contributed by atoms with Gasteiger partial charge in [0, 0.05) is 13.1 Å². The minimum Gasteiger partial charge on any atom is -0.366 e. The lowest BCUT2D eigenvalue weighted by Gasteiger charge is -2.27. The summed E-state index contributed by atoms with van der Waals surface area (Å²) in [7, 11) is 0. The zero-order valence-corrected chi connectivity index (χ0v) is 8.96. The molecule has 1 unspecified atom stereocenters. The summed E-state index contributed by atoms with van der Waals surface area (Å²) in [4.78, 5) is 0. The minimum atomic E-state index is -2.65. The van der Waals surface area contributed by atoms with Crippen LogP contribution in [0.2, 0.25) is 0 Å². The molecule has 1 aliphatic heterocycles. The van der Waals surface area contributed by atoms with Gasteiger partial charge in [-0.3, -0.25) is 14.8 Å². The highest BCUT2D eigenvalue weighted by Gasteiger charge is 2.35. The average Bonchev–Trinajstić information content (AvgIpc) is 2.18. The topological polar surface area (TPSA) is 90.4 Å². The van der Waals surface area contributed by atoms with Crippen molar-refractivity contribution in [1.29, 1.82) is 0 Å². The van der Waals surface area contributed by atoms with Crippen LogP contribution in [0.15, 0.2) is 0 Å². The maximum absolute atomic E-state index is 11.8. The van der Waals surface area contributed by atoms with Crippen molar-refractivity contribution in [2.45, 2.75) is 5.85 Å². The Morgan fingerprint density at radius 1 is 1.50 bits per heavy atom. The smallest absolute Gasteiger partial charge is 0.247 e. The molecule has 1 saturated heterocycles. The molecule has 0 aromatic heterocycles. The second-order valence-corrected chi connectivity index (χ2v) is 9.57. The summed E-state index contributed by atoms with van der Waals surface area (Å²) in [6, 6.07) is 0. The molecular weight excluding hydrogens is 217 g/mol. The third kappa shape index (κ3) is 2.38. The van der Waals surface area contributed by atoms with Crippen molar-refractivity contribution in [1.82, 2.24) is 5.32 Å². The molecule has 0 amide bonds. The first kappa shape index (κ1) is 10.8. The SMILES string of the molecule is NSP(=O)(SN)C1CNCCO1. The molecular formula is C4H12N3O2PS2. The fraction of sp³-hybridized carbons (Fsp3) is 1.00. The second kappa shape index (κ2) is 4.85. The van der Waals surface area contributed by atoms with Crippen molar-refractivity contribution in [3.05, 3.63) is 0 Å². The molecule has 1 rings (SSSR count). The monoisotopic (exact) mass is 229 g/mol. The number of morpholine rings is 1. The molecule has 1 heterocycles. The van der Waals surface area contributed by atoms with Crippen LogP contribution in [0, 0.1) is 0 Å². The number of rotatable bonds is 3. The summed E-state index contributed by atoms with van der Waals surface area (Å²) < 4.78 is 17.1. The summed E-state index contributed by atoms with van der Waals surface area (Å²) in [6.07, 6.45) is 0. The van der Waals surface area contributed by atoms with Crippen molar-refractivity contribution in [3.8, 4) is 0 Å². The third-order valence-electron chi connectivity index (χ3n) is 1.55. The highest BCUT2D eigenvalue weighted by atomic mass is 33.1. The van der Waals surface area contributed by atoms with E-state index in [1.807, 2.05) is 0 Å². The van der Waals surface area contributed by atoms with Crippen LogP contribution in [0.3, 0.4) is 0 Å². The molecule has 0 spiro atoms. The molecule has 5 nitrogen and oxygen atoms in total. The maximum Gasteiger partial charge on any atom is 0.247 e. The van der Waals surface area contributed by atoms with Gasteiger partial charge in [0.25, 0.3) is 0 Å². The van der Waals surface area contributed by atoms with Crippen LogP contribution in [-0.4, -0.2) is 25.5 Å². The van der Waals surface area contributed by atoms with E-state index in [9.17, 15) is 4.57 Å². The highest BCUT2D eigenvalue weighted by Crippen LogP contribution is 2.68. The summed E-state index contributed by atoms with van der Waals surface area (Å²) in [5, 5.41) is 13.7. The first-order valence-electron chi connectivity index (χ1n) is 3.42. The Bertz CT molecular complexity index is 179. The van der Waals surface area contributed by atoms with Crippen LogP contribution in [0.5, 0.6) is 0 Å². The summed E-state index contributed by atoms with van der Waals surface area (Å²) in [5.41, 5.74) is -2.65. The van der Waals surface area contributed by atoms with Gasteiger partial charge in [-0.2, -0.15) is 0 Å². The van der Waals surface area contributed by atoms with Gasteiger partial charge in [0.2, 0.25) is 5.55 Å². The number of nitrogens with one attached hydrogen (secondary N) is 1. The normalized spacial score (nSPS) is 25.7. The molecule has 8 heteroatoms. The van der Waals surface area contributed by atoms with E-state index in [1.54, 1.807) is 0 Å². The zero-order valence-electron chi connectivity index (χ0n) is 6.43. The first-order valence-corrected chi connectivity index (χ1v) is 8.16. The van der Waals surface area contributed by atoms with Crippen molar-refractivity contribution >= 4 is 28.7 Å². The van der Waals surface area contributed by atoms with Crippen LogP contribution >= 0.6 is 28.7 Å². The predicted octanol–water partition coefficient (Wildman–Crippen LogP) is 0.339. The van der Waals surface area contributed by atoms with Crippen molar-refractivity contribution in [2.75, 3.05) is 19.7 Å². The van der Waals surface area contributed by atoms with Gasteiger partial charge < -0.3 is 10.1 Å². The predicted molar refractivity (Wildman–Crippen MR) is 53.8 cm³/mol. The summed E-state index contributed by atoms with van der Waals surface area (Å²) in [6.45, 7) is 1.92. The zero-order chi connectivity index (χ0) is 9.03. The van der Waals surface area contributed by atoms with Gasteiger partial charge >= 0.3 is 0 Å². The van der Waals surface area contributed by atoms with Crippen LogP contribution in [0.1, 0.15) is 0 Å². The largest absolute Gasteiger partial charge is 0.366 e. The lowest BCUT2D eigenvalue weighted by Crippen LogP contribution is -2.37. The average molecular weight is 229 g/mol. The van der Waals surface area contributed by atoms with Gasteiger partial charge in [0.1, 0.15) is 5.85 Å². The van der Waals surface area contributed by atoms with E-state index < -0.39 is 5.55 Å². The number of ether oxygens (including phenoxy) is 1. The molecule has 0 bridgehead atoms. The second-order valence-electron chi connectivity index (χ2n) is 2.28. The van der Waals surface area contributed by atoms with Crippen LogP contribution in [-0.2, 0) is 9.30 Å². The number of nitrogens with two attached hydrogens (primary N) is 2. The third-order valence-corrected chi connectivity index (χ3v) is 7.90. The molecule has 1 aliphatic rings. The highest BCUT2D eigenvalue weighted by molar-refractivity contribution is 8.89. The van der Waals surface area contributed by atoms with E-state index in [4.69, 9.17) is 15.0 Å². The molecule has 0 saturated carbocycles. The Morgan fingerprint density at radius 3 is 2.58 bits per heavy atom.